The zero-order valence-corrected chi connectivity index (χ0v) is 74.1. The number of nitrogens with zero attached hydrogens (tertiary/aromatic N) is 7. The molecule has 12 rings (SSSR count). The quantitative estimate of drug-likeness (QED) is 0.00336. The normalized spacial score (nSPS) is 25.2. The number of aromatic amines is 2. The summed E-state index contributed by atoms with van der Waals surface area (Å²) in [6, 6.07) is 15.1. The number of H-pyrrole nitrogens is 2. The van der Waals surface area contributed by atoms with Gasteiger partial charge in [0, 0.05) is 151 Å². The molecular formula is C89H118N16O18S2. The lowest BCUT2D eigenvalue weighted by atomic mass is 9.47. The van der Waals surface area contributed by atoms with E-state index in [9.17, 15) is 68.4 Å². The van der Waals surface area contributed by atoms with Crippen LogP contribution in [0.15, 0.2) is 88.8 Å². The number of aliphatic hydroxyl groups excluding tert-OH is 1. The number of hydrogen-bond acceptors (Lipinski definition) is 26. The summed E-state index contributed by atoms with van der Waals surface area (Å²) in [7, 11) is 6.15. The molecule has 1 saturated carbocycles. The molecule has 2 bridgehead atoms. The number of likely N-dealkylation sites (N-methyl/N-ethyl adjacent to an activating group) is 1. The number of amides is 5. The van der Waals surface area contributed by atoms with Crippen molar-refractivity contribution in [1.82, 2.24) is 61.5 Å². The van der Waals surface area contributed by atoms with Crippen LogP contribution in [0.2, 0.25) is 0 Å². The van der Waals surface area contributed by atoms with E-state index >= 15 is 4.79 Å². The van der Waals surface area contributed by atoms with Crippen LogP contribution in [0.25, 0.3) is 22.1 Å². The fourth-order valence-electron chi connectivity index (χ4n) is 20.2. The summed E-state index contributed by atoms with van der Waals surface area (Å²) in [6.45, 7) is 17.3. The lowest BCUT2D eigenvalue weighted by Gasteiger charge is -2.63. The molecule has 1 spiro atoms. The standard InChI is InChI=1S/C89H118N16O18S2/c1-11-85(119)42-56-43-87(47-122-48-106,73-62(28-34-104(45-56)46-85)61-18-13-14-19-65(61)100-73)64-40-63-66(41-70(64)121-10)103(9)80-88(63)30-35-105-33-16-29-86(12-2,79(88)105)81(116)89(80,120)82(117)101-102-84(118)123-52(6)53(7)125-124-36-32-92-75(111)49(3)37-67(107)51(5)96-76(112)58(17-15-31-93-83(90)91)38-68(108)50(4)95-71(110)27-25-59(78(114)115)39-69(109)57-23-20-55(21-24-57)22-26-60-44-94-74-72(99-60)77(113)98-54(8)97-74/h13-14,16,18-21,23-24,29,40-41,44,48-53,56,58-59,79-81,100,116,119-120H,11-12,15,17,22,25-28,30-39,42-43,45-47H2,1-10H3,(H,92,111)(H,95,110)(H,96,112)(H,101,117)(H,102,118)(H,114,115)(H4,90,91,93)(H,94,97,98,113)/t49-,50+,51+,52?,53?,56-,58-,59-,79+,80-,81-,85+,86-,87+,88-,89+/m1/s1. The molecule has 15 N–H and O–H groups in total. The molecule has 34 nitrogen and oxygen atoms in total. The Labute approximate surface area is 733 Å². The molecule has 125 heavy (non-hydrogen) atoms. The van der Waals surface area contributed by atoms with E-state index in [1.165, 1.54) is 35.4 Å². The van der Waals surface area contributed by atoms with Crippen LogP contribution in [0.4, 0.5) is 10.5 Å². The number of carbonyl (C=O) groups excluding carboxylic acids is 9. The number of ether oxygens (including phenoxy) is 3. The van der Waals surface area contributed by atoms with Crippen LogP contribution < -0.4 is 53.5 Å². The molecule has 8 heterocycles. The van der Waals surface area contributed by atoms with Crippen molar-refractivity contribution in [3.8, 4) is 5.75 Å². The topological polar surface area (TPSA) is 501 Å². The number of benzene rings is 3. The molecule has 3 aromatic carbocycles. The second-order valence-electron chi connectivity index (χ2n) is 34.8. The maximum atomic E-state index is 15.4. The molecule has 3 unspecified atom stereocenters. The largest absolute Gasteiger partial charge is 0.496 e. The number of aromatic nitrogens is 5. The minimum atomic E-state index is -2.61. The predicted octanol–water partition coefficient (Wildman–Crippen LogP) is 5.39. The number of carbonyl (C=O) groups is 10. The van der Waals surface area contributed by atoms with Crippen LogP contribution in [0.3, 0.4) is 0 Å². The van der Waals surface area contributed by atoms with Crippen LogP contribution in [-0.4, -0.2) is 246 Å². The van der Waals surface area contributed by atoms with Crippen molar-refractivity contribution < 1.29 is 82.6 Å². The Bertz CT molecular complexity index is 5160. The van der Waals surface area contributed by atoms with Gasteiger partial charge in [0.05, 0.1) is 54.1 Å². The number of para-hydroxylation sites is 1. The van der Waals surface area contributed by atoms with Crippen LogP contribution in [0.1, 0.15) is 175 Å². The van der Waals surface area contributed by atoms with Crippen molar-refractivity contribution >= 4 is 115 Å². The fourth-order valence-corrected chi connectivity index (χ4v) is 22.5. The number of aryl methyl sites for hydroxylation is 3. The van der Waals surface area contributed by atoms with Gasteiger partial charge in [-0.2, -0.15) is 0 Å². The Morgan fingerprint density at radius 1 is 0.848 bits per heavy atom. The molecule has 3 fully saturated rings. The van der Waals surface area contributed by atoms with Gasteiger partial charge in [0.25, 0.3) is 17.9 Å². The molecule has 6 aliphatic rings. The van der Waals surface area contributed by atoms with Crippen molar-refractivity contribution in [2.24, 2.45) is 45.5 Å². The summed E-state index contributed by atoms with van der Waals surface area (Å²) in [4.78, 5) is 178. The highest BCUT2D eigenvalue weighted by Gasteiger charge is 2.79. The second kappa shape index (κ2) is 39.7. The van der Waals surface area contributed by atoms with E-state index in [0.29, 0.717) is 119 Å². The molecule has 0 radical (unpaired) electrons. The van der Waals surface area contributed by atoms with Gasteiger partial charge < -0.3 is 76.9 Å². The number of carboxylic acid groups (broad SMARTS) is 1. The molecule has 5 amide bonds. The van der Waals surface area contributed by atoms with Gasteiger partial charge in [0.1, 0.15) is 30.4 Å². The van der Waals surface area contributed by atoms with E-state index in [0.717, 1.165) is 38.9 Å². The zero-order chi connectivity index (χ0) is 90.2. The Hall–Kier alpha value is -10.4. The monoisotopic (exact) mass is 1760 g/mol. The fraction of sp³-hybridized carbons (Fsp3) is 0.562. The first-order chi connectivity index (χ1) is 59.6. The number of fused-ring (bicyclic) bond motifs is 7. The number of aliphatic hydroxyl groups is 3. The highest BCUT2D eigenvalue weighted by Crippen LogP contribution is 2.68. The summed E-state index contributed by atoms with van der Waals surface area (Å²) in [6.07, 6.45) is 4.61. The van der Waals surface area contributed by atoms with Crippen LogP contribution in [-0.2, 0) is 77.9 Å². The smallest absolute Gasteiger partial charge is 0.426 e. The van der Waals surface area contributed by atoms with E-state index in [2.05, 4.69) is 78.6 Å². The number of Topliss-reactive ketones (excluding diaryl/α,β-unsaturated/α-hetero) is 3. The molecule has 1 aliphatic carbocycles. The average molecular weight is 1760 g/mol. The number of ketones is 3. The molecule has 6 aromatic rings. The van der Waals surface area contributed by atoms with Crippen molar-refractivity contribution in [2.45, 2.75) is 215 Å². The lowest BCUT2D eigenvalue weighted by Crippen LogP contribution is -2.82. The highest BCUT2D eigenvalue weighted by molar-refractivity contribution is 8.77. The number of hydrazine groups is 1. The van der Waals surface area contributed by atoms with Crippen LogP contribution >= 0.6 is 21.6 Å². The summed E-state index contributed by atoms with van der Waals surface area (Å²) < 4.78 is 18.3. The Morgan fingerprint density at radius 3 is 2.31 bits per heavy atom. The Kier molecular flexibility index (Phi) is 29.8. The molecule has 3 aromatic heterocycles. The number of hydrogen-bond donors (Lipinski definition) is 13. The van der Waals surface area contributed by atoms with Crippen molar-refractivity contribution in [3.63, 3.8) is 0 Å². The molecule has 36 heteroatoms. The summed E-state index contributed by atoms with van der Waals surface area (Å²) in [5, 5.41) is 57.9. The maximum absolute atomic E-state index is 15.4. The summed E-state index contributed by atoms with van der Waals surface area (Å²) in [5.41, 5.74) is 15.7. The number of aliphatic imine (C=N–C) groups is 1. The number of anilines is 1. The second-order valence-corrected chi connectivity index (χ2v) is 37.7. The van der Waals surface area contributed by atoms with Crippen LogP contribution in [0, 0.1) is 36.0 Å². The first-order valence-electron chi connectivity index (χ1n) is 43.1. The first kappa shape index (κ1) is 93.8. The minimum absolute atomic E-state index is 0.0771. The third-order valence-corrected chi connectivity index (χ3v) is 29.7. The minimum Gasteiger partial charge on any atom is -0.496 e. The van der Waals surface area contributed by atoms with E-state index in [1.807, 2.05) is 62.1 Å². The van der Waals surface area contributed by atoms with Crippen molar-refractivity contribution in [1.29, 1.82) is 0 Å². The molecule has 5 aliphatic heterocycles. The highest BCUT2D eigenvalue weighted by atomic mass is 33.1. The average Bonchev–Trinajstić information content (AvgIpc) is 1.49. The predicted molar refractivity (Wildman–Crippen MR) is 471 cm³/mol. The van der Waals surface area contributed by atoms with E-state index in [-0.39, 0.29) is 92.1 Å². The SMILES string of the molecule is CC[C@]1(O)C[C@H]2CN(CCc3c([nH]c4ccccc34)[C@@](COC=O)(c3cc4c(cc3OC)N(C)[C@H]3[C@@](O)(C(=O)NNC(=O)OC(C)C(C)SSCCNC(=O)[C@H](C)CC(=O)[C@H](C)NC(=O)[C@H](CCCN=C(N)N)CC(=O)[C@H](C)NC(=O)CC[C@H](CC(=O)c5ccc(CCc6cnc7nc(C)[nH]c(=O)c7n6)cc5)C(=O)O)[C@H](O)[C@]5(CC)C=CCN6CC[C@]43[C@@H]65)C2)C1. The van der Waals surface area contributed by atoms with Crippen molar-refractivity contribution in [3.05, 3.63) is 134 Å². The first-order valence-corrected chi connectivity index (χ1v) is 45.4. The van der Waals surface area contributed by atoms with E-state index in [1.54, 1.807) is 65.4 Å². The van der Waals surface area contributed by atoms with Gasteiger partial charge in [-0.05, 0) is 147 Å². The number of carboxylic acids is 1. The number of nitrogens with one attached hydrogen (secondary N) is 7. The van der Waals surface area contributed by atoms with Gasteiger partial charge >= 0.3 is 12.1 Å². The molecular weight excluding hydrogens is 1650 g/mol. The maximum Gasteiger partial charge on any atom is 0.426 e. The van der Waals surface area contributed by atoms with Crippen molar-refractivity contribution in [2.75, 3.05) is 77.2 Å². The Balaban J connectivity index is 0.610. The summed E-state index contributed by atoms with van der Waals surface area (Å²) >= 11 is 0. The van der Waals surface area contributed by atoms with Gasteiger partial charge in [-0.15, -0.1) is 0 Å². The van der Waals surface area contributed by atoms with Crippen LogP contribution in [0.5, 0.6) is 5.75 Å². The third-order valence-electron chi connectivity index (χ3n) is 26.7. The number of guanidine groups is 1. The van der Waals surface area contributed by atoms with Gasteiger partial charge in [-0.1, -0.05) is 97.0 Å². The third kappa shape index (κ3) is 19.8. The number of aliphatic carboxylic acids is 1. The van der Waals surface area contributed by atoms with Gasteiger partial charge in [0.15, 0.2) is 40.1 Å². The van der Waals surface area contributed by atoms with Gasteiger partial charge in [-0.25, -0.2) is 25.2 Å². The zero-order valence-electron chi connectivity index (χ0n) is 72.5. The lowest BCUT2D eigenvalue weighted by molar-refractivity contribution is -0.204. The van der Waals surface area contributed by atoms with E-state index in [4.69, 9.17) is 25.7 Å². The van der Waals surface area contributed by atoms with Gasteiger partial charge in [-0.3, -0.25) is 68.2 Å². The number of nitrogens with two attached hydrogens (primary N) is 2. The van der Waals surface area contributed by atoms with E-state index < -0.39 is 147 Å². The molecule has 2 saturated heterocycles. The van der Waals surface area contributed by atoms with Gasteiger partial charge in [0.2, 0.25) is 17.7 Å². The number of rotatable bonds is 39. The number of piperidine rings is 1. The summed E-state index contributed by atoms with van der Waals surface area (Å²) in [5.74, 6) is -7.56. The number of methoxy groups -OCH3 is 1. The Morgan fingerprint density at radius 2 is 1.59 bits per heavy atom. The molecule has 17 atom stereocenters. The molecule has 674 valence electrons.